The summed E-state index contributed by atoms with van der Waals surface area (Å²) in [6.45, 7) is 3.25. The molecular weight excluding hydrogens is 194 g/mol. The SMILES string of the molecule is CCCCOCc1cccc([N+](=O)[O-])c1. The van der Waals surface area contributed by atoms with Crippen LogP contribution >= 0.6 is 0 Å². The smallest absolute Gasteiger partial charge is 0.269 e. The second-order valence-corrected chi connectivity index (χ2v) is 3.33. The zero-order valence-corrected chi connectivity index (χ0v) is 8.81. The fourth-order valence-electron chi connectivity index (χ4n) is 1.20. The summed E-state index contributed by atoms with van der Waals surface area (Å²) < 4.78 is 5.37. The molecular formula is C11H15NO3. The number of nitrogens with zero attached hydrogens (tertiary/aromatic N) is 1. The van der Waals surface area contributed by atoms with Crippen LogP contribution in [0.5, 0.6) is 0 Å². The maximum atomic E-state index is 10.5. The van der Waals surface area contributed by atoms with E-state index in [1.165, 1.54) is 6.07 Å². The molecule has 0 atom stereocenters. The van der Waals surface area contributed by atoms with Crippen molar-refractivity contribution in [3.05, 3.63) is 39.9 Å². The van der Waals surface area contributed by atoms with E-state index >= 15 is 0 Å². The fraction of sp³-hybridized carbons (Fsp3) is 0.455. The van der Waals surface area contributed by atoms with Crippen molar-refractivity contribution in [2.45, 2.75) is 26.4 Å². The molecule has 0 aliphatic heterocycles. The topological polar surface area (TPSA) is 52.4 Å². The molecule has 0 aromatic heterocycles. The molecule has 1 rings (SSSR count). The highest BCUT2D eigenvalue weighted by atomic mass is 16.6. The van der Waals surface area contributed by atoms with Crippen molar-refractivity contribution in [2.75, 3.05) is 6.61 Å². The first-order valence-corrected chi connectivity index (χ1v) is 5.05. The Morgan fingerprint density at radius 2 is 2.27 bits per heavy atom. The van der Waals surface area contributed by atoms with Crippen LogP contribution in [-0.4, -0.2) is 11.5 Å². The molecule has 0 fully saturated rings. The summed E-state index contributed by atoms with van der Waals surface area (Å²) in [6.07, 6.45) is 2.11. The molecule has 4 nitrogen and oxygen atoms in total. The Bertz CT molecular complexity index is 325. The summed E-state index contributed by atoms with van der Waals surface area (Å²) in [4.78, 5) is 10.1. The molecule has 4 heteroatoms. The average molecular weight is 209 g/mol. The van der Waals surface area contributed by atoms with Crippen molar-refractivity contribution in [1.82, 2.24) is 0 Å². The molecule has 1 aromatic rings. The van der Waals surface area contributed by atoms with Crippen LogP contribution < -0.4 is 0 Å². The van der Waals surface area contributed by atoms with Crippen LogP contribution in [0.2, 0.25) is 0 Å². The van der Waals surface area contributed by atoms with Crippen molar-refractivity contribution in [3.8, 4) is 0 Å². The third-order valence-corrected chi connectivity index (χ3v) is 2.03. The van der Waals surface area contributed by atoms with Crippen LogP contribution in [0.15, 0.2) is 24.3 Å². The molecule has 1 aromatic carbocycles. The third-order valence-electron chi connectivity index (χ3n) is 2.03. The van der Waals surface area contributed by atoms with Gasteiger partial charge in [-0.3, -0.25) is 10.1 Å². The van der Waals surface area contributed by atoms with Crippen LogP contribution in [0, 0.1) is 10.1 Å². The minimum Gasteiger partial charge on any atom is -0.377 e. The van der Waals surface area contributed by atoms with Gasteiger partial charge in [-0.05, 0) is 12.0 Å². The number of ether oxygens (including phenoxy) is 1. The Balaban J connectivity index is 2.47. The van der Waals surface area contributed by atoms with Gasteiger partial charge in [0, 0.05) is 18.7 Å². The van der Waals surface area contributed by atoms with Gasteiger partial charge >= 0.3 is 0 Å². The van der Waals surface area contributed by atoms with Gasteiger partial charge in [-0.25, -0.2) is 0 Å². The number of hydrogen-bond acceptors (Lipinski definition) is 3. The van der Waals surface area contributed by atoms with E-state index in [1.54, 1.807) is 12.1 Å². The summed E-state index contributed by atoms with van der Waals surface area (Å²) >= 11 is 0. The van der Waals surface area contributed by atoms with Crippen molar-refractivity contribution < 1.29 is 9.66 Å². The van der Waals surface area contributed by atoms with E-state index in [-0.39, 0.29) is 5.69 Å². The van der Waals surface area contributed by atoms with Gasteiger partial charge in [0.2, 0.25) is 0 Å². The van der Waals surface area contributed by atoms with Crippen LogP contribution in [-0.2, 0) is 11.3 Å². The monoisotopic (exact) mass is 209 g/mol. The number of nitro benzene ring substituents is 1. The standard InChI is InChI=1S/C11H15NO3/c1-2-3-7-15-9-10-5-4-6-11(8-10)12(13)14/h4-6,8H,2-3,7,9H2,1H3. The lowest BCUT2D eigenvalue weighted by Crippen LogP contribution is -1.96. The molecule has 0 amide bonds. The van der Waals surface area contributed by atoms with E-state index in [0.29, 0.717) is 13.2 Å². The molecule has 15 heavy (non-hydrogen) atoms. The molecule has 82 valence electrons. The minimum absolute atomic E-state index is 0.117. The van der Waals surface area contributed by atoms with Gasteiger partial charge in [0.1, 0.15) is 0 Å². The minimum atomic E-state index is -0.393. The molecule has 0 N–H and O–H groups in total. The molecule has 0 spiro atoms. The van der Waals surface area contributed by atoms with Gasteiger partial charge in [0.15, 0.2) is 0 Å². The first kappa shape index (κ1) is 11.7. The number of nitro groups is 1. The van der Waals surface area contributed by atoms with Crippen LogP contribution in [0.25, 0.3) is 0 Å². The predicted molar refractivity (Wildman–Crippen MR) is 57.7 cm³/mol. The van der Waals surface area contributed by atoms with E-state index in [0.717, 1.165) is 18.4 Å². The van der Waals surface area contributed by atoms with E-state index in [9.17, 15) is 10.1 Å². The van der Waals surface area contributed by atoms with Gasteiger partial charge in [-0.2, -0.15) is 0 Å². The summed E-state index contributed by atoms with van der Waals surface area (Å²) in [5, 5.41) is 10.5. The highest BCUT2D eigenvalue weighted by Gasteiger charge is 2.04. The first-order valence-electron chi connectivity index (χ1n) is 5.05. The van der Waals surface area contributed by atoms with Crippen molar-refractivity contribution in [2.24, 2.45) is 0 Å². The van der Waals surface area contributed by atoms with Crippen molar-refractivity contribution in [3.63, 3.8) is 0 Å². The van der Waals surface area contributed by atoms with Crippen LogP contribution in [0.3, 0.4) is 0 Å². The van der Waals surface area contributed by atoms with Crippen molar-refractivity contribution in [1.29, 1.82) is 0 Å². The Morgan fingerprint density at radius 1 is 1.47 bits per heavy atom. The summed E-state index contributed by atoms with van der Waals surface area (Å²) in [5.74, 6) is 0. The third kappa shape index (κ3) is 4.08. The Kier molecular flexibility index (Phi) is 4.77. The molecule has 0 bridgehead atoms. The Morgan fingerprint density at radius 3 is 2.93 bits per heavy atom. The fourth-order valence-corrected chi connectivity index (χ4v) is 1.20. The molecule has 0 radical (unpaired) electrons. The number of rotatable bonds is 6. The molecule has 0 saturated heterocycles. The van der Waals surface area contributed by atoms with E-state index in [2.05, 4.69) is 6.92 Å². The molecule has 0 saturated carbocycles. The summed E-state index contributed by atoms with van der Waals surface area (Å²) in [7, 11) is 0. The van der Waals surface area contributed by atoms with Crippen LogP contribution in [0.4, 0.5) is 5.69 Å². The Hall–Kier alpha value is -1.42. The molecule has 0 heterocycles. The second-order valence-electron chi connectivity index (χ2n) is 3.33. The molecule has 0 unspecified atom stereocenters. The zero-order chi connectivity index (χ0) is 11.1. The lowest BCUT2D eigenvalue weighted by Gasteiger charge is -2.02. The molecule has 0 aliphatic carbocycles. The number of unbranched alkanes of at least 4 members (excludes halogenated alkanes) is 1. The largest absolute Gasteiger partial charge is 0.377 e. The van der Waals surface area contributed by atoms with Gasteiger partial charge in [0.25, 0.3) is 5.69 Å². The maximum absolute atomic E-state index is 10.5. The van der Waals surface area contributed by atoms with E-state index in [1.807, 2.05) is 6.07 Å². The van der Waals surface area contributed by atoms with Gasteiger partial charge in [0.05, 0.1) is 11.5 Å². The van der Waals surface area contributed by atoms with Crippen molar-refractivity contribution >= 4 is 5.69 Å². The normalized spacial score (nSPS) is 10.2. The summed E-state index contributed by atoms with van der Waals surface area (Å²) in [6, 6.07) is 6.54. The number of hydrogen-bond donors (Lipinski definition) is 0. The maximum Gasteiger partial charge on any atom is 0.269 e. The highest BCUT2D eigenvalue weighted by Crippen LogP contribution is 2.13. The van der Waals surface area contributed by atoms with Gasteiger partial charge in [-0.1, -0.05) is 25.5 Å². The lowest BCUT2D eigenvalue weighted by molar-refractivity contribution is -0.384. The number of benzene rings is 1. The summed E-state index contributed by atoms with van der Waals surface area (Å²) in [5.41, 5.74) is 0.965. The highest BCUT2D eigenvalue weighted by molar-refractivity contribution is 5.33. The Labute approximate surface area is 89.0 Å². The second kappa shape index (κ2) is 6.14. The average Bonchev–Trinajstić information content (AvgIpc) is 2.25. The van der Waals surface area contributed by atoms with Crippen LogP contribution in [0.1, 0.15) is 25.3 Å². The zero-order valence-electron chi connectivity index (χ0n) is 8.81. The first-order chi connectivity index (χ1) is 7.24. The van der Waals surface area contributed by atoms with E-state index in [4.69, 9.17) is 4.74 Å². The van der Waals surface area contributed by atoms with Gasteiger partial charge in [-0.15, -0.1) is 0 Å². The number of non-ortho nitro benzene ring substituents is 1. The predicted octanol–water partition coefficient (Wildman–Crippen LogP) is 2.91. The molecule has 0 aliphatic rings. The lowest BCUT2D eigenvalue weighted by atomic mass is 10.2. The van der Waals surface area contributed by atoms with Gasteiger partial charge < -0.3 is 4.74 Å². The quantitative estimate of drug-likeness (QED) is 0.411. The van der Waals surface area contributed by atoms with E-state index < -0.39 is 4.92 Å².